The van der Waals surface area contributed by atoms with Gasteiger partial charge in [-0.25, -0.2) is 9.97 Å². The molecule has 0 saturated carbocycles. The highest BCUT2D eigenvalue weighted by Crippen LogP contribution is 2.09. The van der Waals surface area contributed by atoms with Gasteiger partial charge in [-0.1, -0.05) is 6.92 Å². The minimum absolute atomic E-state index is 0.0503. The molecular weight excluding hydrogens is 220 g/mol. The number of carbonyl (C=O) groups excluding carboxylic acids is 2. The van der Waals surface area contributed by atoms with Crippen molar-refractivity contribution in [2.45, 2.75) is 25.9 Å². The van der Waals surface area contributed by atoms with Gasteiger partial charge < -0.3 is 10.2 Å². The predicted molar refractivity (Wildman–Crippen MR) is 59.7 cm³/mol. The van der Waals surface area contributed by atoms with Crippen molar-refractivity contribution < 1.29 is 9.59 Å². The number of aromatic nitrogens is 2. The Morgan fingerprint density at radius 3 is 3.00 bits per heavy atom. The van der Waals surface area contributed by atoms with E-state index in [4.69, 9.17) is 0 Å². The van der Waals surface area contributed by atoms with Gasteiger partial charge in [-0.2, -0.15) is 0 Å². The van der Waals surface area contributed by atoms with Crippen LogP contribution >= 0.6 is 0 Å². The normalized spacial score (nSPS) is 20.3. The minimum Gasteiger partial charge on any atom is -0.343 e. The molecule has 1 unspecified atom stereocenters. The van der Waals surface area contributed by atoms with Gasteiger partial charge in [-0.15, -0.1) is 0 Å². The molecule has 1 aromatic rings. The van der Waals surface area contributed by atoms with Gasteiger partial charge in [-0.05, 0) is 12.5 Å². The monoisotopic (exact) mass is 234 g/mol. The molecule has 1 aromatic heterocycles. The quantitative estimate of drug-likeness (QED) is 0.780. The van der Waals surface area contributed by atoms with Crippen LogP contribution in [0.15, 0.2) is 18.6 Å². The largest absolute Gasteiger partial charge is 0.343 e. The Balaban J connectivity index is 2.09. The van der Waals surface area contributed by atoms with Crippen LogP contribution in [0.4, 0.5) is 0 Å². The van der Waals surface area contributed by atoms with Gasteiger partial charge in [-0.3, -0.25) is 9.59 Å². The van der Waals surface area contributed by atoms with Crippen LogP contribution in [-0.4, -0.2) is 39.3 Å². The number of hydrogen-bond acceptors (Lipinski definition) is 4. The molecule has 1 fully saturated rings. The van der Waals surface area contributed by atoms with Gasteiger partial charge >= 0.3 is 0 Å². The Bertz CT molecular complexity index is 421. The van der Waals surface area contributed by atoms with Crippen molar-refractivity contribution >= 4 is 11.8 Å². The fourth-order valence-electron chi connectivity index (χ4n) is 1.79. The van der Waals surface area contributed by atoms with E-state index in [2.05, 4.69) is 15.3 Å². The van der Waals surface area contributed by atoms with E-state index in [9.17, 15) is 9.59 Å². The summed E-state index contributed by atoms with van der Waals surface area (Å²) < 4.78 is 0. The van der Waals surface area contributed by atoms with E-state index in [0.29, 0.717) is 13.0 Å². The van der Waals surface area contributed by atoms with Gasteiger partial charge in [0.2, 0.25) is 11.8 Å². The maximum Gasteiger partial charge on any atom is 0.245 e. The number of carbonyl (C=O) groups is 2. The first-order chi connectivity index (χ1) is 8.20. The second kappa shape index (κ2) is 4.90. The fourth-order valence-corrected chi connectivity index (χ4v) is 1.79. The number of hydrogen-bond donors (Lipinski definition) is 1. The highest BCUT2D eigenvalue weighted by atomic mass is 16.2. The van der Waals surface area contributed by atoms with Gasteiger partial charge in [0.15, 0.2) is 0 Å². The molecule has 1 atom stereocenters. The van der Waals surface area contributed by atoms with E-state index >= 15 is 0 Å². The molecule has 90 valence electrons. The molecule has 6 nitrogen and oxygen atoms in total. The lowest BCUT2D eigenvalue weighted by atomic mass is 10.1. The molecule has 17 heavy (non-hydrogen) atoms. The second-order valence-corrected chi connectivity index (χ2v) is 3.92. The van der Waals surface area contributed by atoms with Crippen molar-refractivity contribution in [2.24, 2.45) is 0 Å². The van der Waals surface area contributed by atoms with Crippen LogP contribution in [0.3, 0.4) is 0 Å². The SMILES string of the molecule is CCC1NC(=O)CN(Cc2ccncn2)C1=O. The first-order valence-corrected chi connectivity index (χ1v) is 5.53. The Hall–Kier alpha value is -1.98. The number of amides is 2. The maximum absolute atomic E-state index is 12.0. The molecule has 0 radical (unpaired) electrons. The van der Waals surface area contributed by atoms with E-state index in [1.54, 1.807) is 12.3 Å². The fraction of sp³-hybridized carbons (Fsp3) is 0.455. The molecule has 1 saturated heterocycles. The molecule has 0 aliphatic carbocycles. The summed E-state index contributed by atoms with van der Waals surface area (Å²) in [5.41, 5.74) is 0.734. The molecule has 0 spiro atoms. The van der Waals surface area contributed by atoms with Crippen LogP contribution in [0, 0.1) is 0 Å². The molecule has 2 heterocycles. The van der Waals surface area contributed by atoms with Crippen molar-refractivity contribution in [3.05, 3.63) is 24.3 Å². The zero-order chi connectivity index (χ0) is 12.3. The van der Waals surface area contributed by atoms with Crippen molar-refractivity contribution in [1.82, 2.24) is 20.2 Å². The number of nitrogens with zero attached hydrogens (tertiary/aromatic N) is 3. The maximum atomic E-state index is 12.0. The zero-order valence-corrected chi connectivity index (χ0v) is 9.59. The second-order valence-electron chi connectivity index (χ2n) is 3.92. The number of nitrogens with one attached hydrogen (secondary N) is 1. The molecule has 2 amide bonds. The Kier molecular flexibility index (Phi) is 3.32. The van der Waals surface area contributed by atoms with E-state index in [0.717, 1.165) is 5.69 Å². The molecule has 2 rings (SSSR count). The standard InChI is InChI=1S/C11H14N4O2/c1-2-9-11(17)15(6-10(16)14-9)5-8-3-4-12-7-13-8/h3-4,7,9H,2,5-6H2,1H3,(H,14,16). The molecule has 6 heteroatoms. The first kappa shape index (κ1) is 11.5. The molecule has 1 aliphatic heterocycles. The van der Waals surface area contributed by atoms with Gasteiger partial charge in [0.1, 0.15) is 18.9 Å². The average Bonchev–Trinajstić information content (AvgIpc) is 2.34. The van der Waals surface area contributed by atoms with Gasteiger partial charge in [0.05, 0.1) is 12.2 Å². The minimum atomic E-state index is -0.405. The molecule has 0 aromatic carbocycles. The number of rotatable bonds is 3. The predicted octanol–water partition coefficient (Wildman–Crippen LogP) is -0.286. The summed E-state index contributed by atoms with van der Waals surface area (Å²) >= 11 is 0. The van der Waals surface area contributed by atoms with Crippen LogP contribution < -0.4 is 5.32 Å². The summed E-state index contributed by atoms with van der Waals surface area (Å²) in [6, 6.07) is 1.33. The summed E-state index contributed by atoms with van der Waals surface area (Å²) in [5, 5.41) is 2.67. The summed E-state index contributed by atoms with van der Waals surface area (Å²) in [4.78, 5) is 32.8. The third kappa shape index (κ3) is 2.58. The smallest absolute Gasteiger partial charge is 0.245 e. The lowest BCUT2D eigenvalue weighted by Gasteiger charge is -2.31. The van der Waals surface area contributed by atoms with Crippen molar-refractivity contribution in [3.8, 4) is 0 Å². The lowest BCUT2D eigenvalue weighted by Crippen LogP contribution is -2.57. The summed E-state index contributed by atoms with van der Waals surface area (Å²) in [6.45, 7) is 2.32. The van der Waals surface area contributed by atoms with Gasteiger partial charge in [0.25, 0.3) is 0 Å². The van der Waals surface area contributed by atoms with E-state index in [-0.39, 0.29) is 18.4 Å². The molecule has 1 aliphatic rings. The summed E-state index contributed by atoms with van der Waals surface area (Å²) in [6.07, 6.45) is 3.65. The van der Waals surface area contributed by atoms with Crippen molar-refractivity contribution in [3.63, 3.8) is 0 Å². The number of piperazine rings is 1. The molecular formula is C11H14N4O2. The van der Waals surface area contributed by atoms with Crippen molar-refractivity contribution in [1.29, 1.82) is 0 Å². The van der Waals surface area contributed by atoms with Crippen LogP contribution in [0.25, 0.3) is 0 Å². The third-order valence-electron chi connectivity index (χ3n) is 2.68. The van der Waals surface area contributed by atoms with Crippen LogP contribution in [0.2, 0.25) is 0 Å². The van der Waals surface area contributed by atoms with E-state index in [1.807, 2.05) is 6.92 Å². The molecule has 0 bridgehead atoms. The Morgan fingerprint density at radius 2 is 2.35 bits per heavy atom. The van der Waals surface area contributed by atoms with Crippen LogP contribution in [-0.2, 0) is 16.1 Å². The Morgan fingerprint density at radius 1 is 1.53 bits per heavy atom. The first-order valence-electron chi connectivity index (χ1n) is 5.53. The highest BCUT2D eigenvalue weighted by Gasteiger charge is 2.31. The van der Waals surface area contributed by atoms with Gasteiger partial charge in [0, 0.05) is 6.20 Å². The highest BCUT2D eigenvalue weighted by molar-refractivity contribution is 5.94. The van der Waals surface area contributed by atoms with Crippen LogP contribution in [0.5, 0.6) is 0 Å². The Labute approximate surface area is 99.1 Å². The van der Waals surface area contributed by atoms with E-state index < -0.39 is 6.04 Å². The average molecular weight is 234 g/mol. The zero-order valence-electron chi connectivity index (χ0n) is 9.59. The summed E-state index contributed by atoms with van der Waals surface area (Å²) in [7, 11) is 0. The summed E-state index contributed by atoms with van der Waals surface area (Å²) in [5.74, 6) is -0.170. The lowest BCUT2D eigenvalue weighted by molar-refractivity contribution is -0.145. The molecule has 1 N–H and O–H groups in total. The third-order valence-corrected chi connectivity index (χ3v) is 2.68. The van der Waals surface area contributed by atoms with Crippen molar-refractivity contribution in [2.75, 3.05) is 6.54 Å². The van der Waals surface area contributed by atoms with E-state index in [1.165, 1.54) is 11.2 Å². The van der Waals surface area contributed by atoms with Crippen LogP contribution in [0.1, 0.15) is 19.0 Å². The topological polar surface area (TPSA) is 75.2 Å².